The minimum Gasteiger partial charge on any atom is -0.480 e. The normalized spacial score (nSPS) is 18.5. The highest BCUT2D eigenvalue weighted by Crippen LogP contribution is 2.35. The van der Waals surface area contributed by atoms with Gasteiger partial charge in [-0.05, 0) is 85.5 Å². The van der Waals surface area contributed by atoms with Crippen molar-refractivity contribution in [2.45, 2.75) is 77.2 Å². The number of ketones is 1. The van der Waals surface area contributed by atoms with Crippen LogP contribution in [-0.2, 0) is 18.9 Å². The molecule has 1 saturated heterocycles. The molecule has 1 amide bonds. The molecule has 1 unspecified atom stereocenters. The minimum absolute atomic E-state index is 0.0756. The molecular weight excluding hydrogens is 615 g/mol. The second-order valence-corrected chi connectivity index (χ2v) is 14.2. The minimum atomic E-state index is -4.13. The molecule has 0 aromatic heterocycles. The molecule has 0 radical (unpaired) electrons. The van der Waals surface area contributed by atoms with Gasteiger partial charge in [0.25, 0.3) is 0 Å². The van der Waals surface area contributed by atoms with E-state index in [0.717, 1.165) is 25.9 Å². The third-order valence-corrected chi connectivity index (χ3v) is 8.82. The molecule has 0 saturated carbocycles. The molecule has 15 nitrogen and oxygen atoms in total. The highest BCUT2D eigenvalue weighted by molar-refractivity contribution is 7.51. The summed E-state index contributed by atoms with van der Waals surface area (Å²) < 4.78 is 11.6. The van der Waals surface area contributed by atoms with E-state index in [-0.39, 0.29) is 18.0 Å². The lowest BCUT2D eigenvalue weighted by atomic mass is 10.1. The van der Waals surface area contributed by atoms with Gasteiger partial charge in [0.15, 0.2) is 0 Å². The number of likely N-dealkylation sites (N-methyl/N-ethyl adjacent to an activating group) is 2. The molecule has 0 aliphatic carbocycles. The van der Waals surface area contributed by atoms with Crippen molar-refractivity contribution in [3.05, 3.63) is 11.9 Å². The summed E-state index contributed by atoms with van der Waals surface area (Å²) in [5.74, 6) is 5.16. The van der Waals surface area contributed by atoms with Gasteiger partial charge >= 0.3 is 13.6 Å². The molecule has 268 valence electrons. The van der Waals surface area contributed by atoms with Crippen LogP contribution in [0, 0.1) is 0 Å². The van der Waals surface area contributed by atoms with Crippen molar-refractivity contribution in [2.75, 3.05) is 85.8 Å². The van der Waals surface area contributed by atoms with Crippen molar-refractivity contribution in [3.63, 3.8) is 0 Å². The summed E-state index contributed by atoms with van der Waals surface area (Å²) in [5.41, 5.74) is 6.54. The Hall–Kier alpha value is -2.10. The van der Waals surface area contributed by atoms with E-state index in [0.29, 0.717) is 109 Å². The Balaban J connectivity index is 2.48. The zero-order valence-corrected chi connectivity index (χ0v) is 29.2. The van der Waals surface area contributed by atoms with Crippen LogP contribution in [0.15, 0.2) is 11.9 Å². The number of amides is 1. The summed E-state index contributed by atoms with van der Waals surface area (Å²) in [7, 11) is -0.175. The lowest BCUT2D eigenvalue weighted by Crippen LogP contribution is -2.46. The fraction of sp³-hybridized carbons (Fsp3) is 0.833. The Morgan fingerprint density at radius 1 is 0.891 bits per heavy atom. The number of allylic oxidation sites excluding steroid dienone is 1. The highest BCUT2D eigenvalue weighted by atomic mass is 31.2. The maximum absolute atomic E-state index is 12.3. The second kappa shape index (κ2) is 23.3. The molecule has 1 aliphatic heterocycles. The summed E-state index contributed by atoms with van der Waals surface area (Å²) >= 11 is 0. The SMILES string of the molecule is CC(=O)CCC/C(N)=C/N(N)CCCC(=O)NCCCCC(C(=O)O)N1CCCN(C)CCN(CP(=O)(O)O)CCCN(C)CC1. The molecule has 1 fully saturated rings. The van der Waals surface area contributed by atoms with Crippen molar-refractivity contribution in [3.8, 4) is 0 Å². The molecule has 16 heteroatoms. The van der Waals surface area contributed by atoms with Gasteiger partial charge in [-0.25, -0.2) is 5.84 Å². The Kier molecular flexibility index (Phi) is 21.2. The van der Waals surface area contributed by atoms with Crippen LogP contribution < -0.4 is 16.9 Å². The number of carboxylic acids is 1. The van der Waals surface area contributed by atoms with E-state index in [9.17, 15) is 33.8 Å². The van der Waals surface area contributed by atoms with Gasteiger partial charge in [-0.15, -0.1) is 0 Å². The standard InChI is InChI=1S/C30H61N8O7P/c1-26(39)10-6-11-27(31)24-38(32)19-7-13-29(40)33-14-5-4-12-28(30(41)42)37-18-9-16-34(2)20-22-36(25-46(43,44)45)17-8-15-35(3)21-23-37/h24,28H,4-23,25,31-32H2,1-3H3,(H,33,40)(H,41,42)(H2,43,44,45)/b27-24-. The first-order chi connectivity index (χ1) is 21.7. The first-order valence-corrected chi connectivity index (χ1v) is 18.3. The van der Waals surface area contributed by atoms with Crippen LogP contribution in [-0.4, -0.2) is 149 Å². The first kappa shape index (κ1) is 41.9. The van der Waals surface area contributed by atoms with Crippen molar-refractivity contribution in [1.82, 2.24) is 29.9 Å². The number of Topliss-reactive ketones (excluding diaryl/α,β-unsaturated/α-hetero) is 1. The van der Waals surface area contributed by atoms with Crippen molar-refractivity contribution in [2.24, 2.45) is 11.6 Å². The van der Waals surface area contributed by atoms with Gasteiger partial charge in [-0.3, -0.25) is 24.0 Å². The van der Waals surface area contributed by atoms with E-state index in [1.54, 1.807) is 13.1 Å². The summed E-state index contributed by atoms with van der Waals surface area (Å²) in [6.07, 6.45) is 7.41. The van der Waals surface area contributed by atoms with Crippen LogP contribution in [0.5, 0.6) is 0 Å². The van der Waals surface area contributed by atoms with Gasteiger partial charge in [-0.1, -0.05) is 0 Å². The van der Waals surface area contributed by atoms with E-state index in [4.69, 9.17) is 11.6 Å². The lowest BCUT2D eigenvalue weighted by Gasteiger charge is -2.32. The first-order valence-electron chi connectivity index (χ1n) is 16.5. The van der Waals surface area contributed by atoms with Crippen molar-refractivity contribution >= 4 is 25.3 Å². The number of carboxylic acid groups (broad SMARTS) is 1. The summed E-state index contributed by atoms with van der Waals surface area (Å²) in [4.78, 5) is 62.7. The van der Waals surface area contributed by atoms with E-state index in [2.05, 4.69) is 20.0 Å². The van der Waals surface area contributed by atoms with Crippen molar-refractivity contribution in [1.29, 1.82) is 0 Å². The van der Waals surface area contributed by atoms with Gasteiger partial charge in [0.2, 0.25) is 5.91 Å². The number of nitrogens with one attached hydrogen (secondary N) is 1. The second-order valence-electron chi connectivity index (χ2n) is 12.6. The van der Waals surface area contributed by atoms with Crippen LogP contribution in [0.2, 0.25) is 0 Å². The molecular formula is C30H61N8O7P. The number of carbonyl (C=O) groups excluding carboxylic acids is 2. The van der Waals surface area contributed by atoms with Gasteiger partial charge in [0, 0.05) is 77.1 Å². The molecule has 1 aliphatic rings. The number of nitrogens with two attached hydrogens (primary N) is 2. The van der Waals surface area contributed by atoms with Gasteiger partial charge in [0.05, 0.1) is 0 Å². The summed E-state index contributed by atoms with van der Waals surface area (Å²) in [6, 6.07) is -0.612. The van der Waals surface area contributed by atoms with Gasteiger partial charge in [0.1, 0.15) is 18.1 Å². The molecule has 0 spiro atoms. The molecule has 1 atom stereocenters. The average molecular weight is 677 g/mol. The van der Waals surface area contributed by atoms with Crippen LogP contribution in [0.4, 0.5) is 0 Å². The maximum Gasteiger partial charge on any atom is 0.339 e. The van der Waals surface area contributed by atoms with E-state index >= 15 is 0 Å². The largest absolute Gasteiger partial charge is 0.480 e. The van der Waals surface area contributed by atoms with Crippen LogP contribution in [0.1, 0.15) is 71.1 Å². The number of hydrogen-bond acceptors (Lipinski definition) is 11. The highest BCUT2D eigenvalue weighted by Gasteiger charge is 2.26. The Labute approximate surface area is 275 Å². The van der Waals surface area contributed by atoms with E-state index in [1.807, 2.05) is 19.0 Å². The Morgan fingerprint density at radius 3 is 2.17 bits per heavy atom. The Bertz CT molecular complexity index is 983. The molecule has 0 aromatic carbocycles. The van der Waals surface area contributed by atoms with Crippen LogP contribution in [0.3, 0.4) is 0 Å². The molecule has 1 rings (SSSR count). The predicted molar refractivity (Wildman–Crippen MR) is 179 cm³/mol. The zero-order chi connectivity index (χ0) is 34.5. The monoisotopic (exact) mass is 676 g/mol. The molecule has 1 heterocycles. The van der Waals surface area contributed by atoms with Crippen LogP contribution >= 0.6 is 7.60 Å². The number of hydrogen-bond donors (Lipinski definition) is 6. The number of carbonyl (C=O) groups is 3. The van der Waals surface area contributed by atoms with E-state index in [1.165, 1.54) is 5.01 Å². The quantitative estimate of drug-likeness (QED) is 0.0510. The molecule has 8 N–H and O–H groups in total. The van der Waals surface area contributed by atoms with Crippen LogP contribution in [0.25, 0.3) is 0 Å². The predicted octanol–water partition coefficient (Wildman–Crippen LogP) is 0.638. The number of rotatable bonds is 18. The number of unbranched alkanes of at least 4 members (excludes halogenated alkanes) is 1. The zero-order valence-electron chi connectivity index (χ0n) is 28.3. The fourth-order valence-corrected chi connectivity index (χ4v) is 6.23. The average Bonchev–Trinajstić information content (AvgIpc) is 2.94. The lowest BCUT2D eigenvalue weighted by molar-refractivity contribution is -0.143. The summed E-state index contributed by atoms with van der Waals surface area (Å²) in [5, 5.41) is 14.5. The topological polar surface area (TPSA) is 209 Å². The molecule has 46 heavy (non-hydrogen) atoms. The fourth-order valence-electron chi connectivity index (χ4n) is 5.43. The third-order valence-electron chi connectivity index (χ3n) is 8.05. The Morgan fingerprint density at radius 2 is 1.54 bits per heavy atom. The molecule has 0 bridgehead atoms. The smallest absolute Gasteiger partial charge is 0.339 e. The third kappa shape index (κ3) is 21.6. The van der Waals surface area contributed by atoms with Crippen molar-refractivity contribution < 1.29 is 33.8 Å². The van der Waals surface area contributed by atoms with E-state index < -0.39 is 19.6 Å². The summed E-state index contributed by atoms with van der Waals surface area (Å²) in [6.45, 7) is 7.75. The maximum atomic E-state index is 12.3. The van der Waals surface area contributed by atoms with Gasteiger partial charge < -0.3 is 45.5 Å². The number of hydrazine groups is 1. The van der Waals surface area contributed by atoms with Gasteiger partial charge in [-0.2, -0.15) is 0 Å². The number of aliphatic carboxylic acids is 1. The number of nitrogens with zero attached hydrogens (tertiary/aromatic N) is 5. The molecule has 0 aromatic rings.